The van der Waals surface area contributed by atoms with Crippen molar-refractivity contribution >= 4 is 21.6 Å². The van der Waals surface area contributed by atoms with Crippen LogP contribution in [0.4, 0.5) is 0 Å². The lowest BCUT2D eigenvalue weighted by molar-refractivity contribution is 0.406. The van der Waals surface area contributed by atoms with Gasteiger partial charge in [0, 0.05) is 11.6 Å². The molecule has 0 spiro atoms. The van der Waals surface area contributed by atoms with Crippen molar-refractivity contribution in [3.8, 4) is 5.75 Å². The van der Waals surface area contributed by atoms with Gasteiger partial charge in [0.05, 0.1) is 12.9 Å². The van der Waals surface area contributed by atoms with Gasteiger partial charge in [-0.3, -0.25) is 0 Å². The Bertz CT molecular complexity index is 529. The number of nitrogens with one attached hydrogen (secondary N) is 1. The van der Waals surface area contributed by atoms with Crippen molar-refractivity contribution in [3.63, 3.8) is 0 Å². The molecule has 4 nitrogen and oxygen atoms in total. The molecule has 0 amide bonds. The normalized spacial score (nSPS) is 11.6. The minimum atomic E-state index is -3.17. The Morgan fingerprint density at radius 2 is 2.05 bits per heavy atom. The summed E-state index contributed by atoms with van der Waals surface area (Å²) in [5.41, 5.74) is 1.85. The summed E-state index contributed by atoms with van der Waals surface area (Å²) >= 11 is 6.00. The van der Waals surface area contributed by atoms with Crippen LogP contribution >= 0.6 is 11.6 Å². The topological polar surface area (TPSA) is 55.4 Å². The second kappa shape index (κ2) is 7.12. The highest BCUT2D eigenvalue weighted by atomic mass is 35.5. The van der Waals surface area contributed by atoms with Gasteiger partial charge in [-0.25, -0.2) is 13.1 Å². The molecule has 0 aliphatic heterocycles. The van der Waals surface area contributed by atoms with E-state index in [4.69, 9.17) is 16.3 Å². The molecule has 0 aliphatic carbocycles. The molecular formula is C13H20ClNO3S. The Labute approximate surface area is 120 Å². The zero-order valence-electron chi connectivity index (χ0n) is 11.5. The van der Waals surface area contributed by atoms with E-state index in [0.717, 1.165) is 16.9 Å². The van der Waals surface area contributed by atoms with E-state index in [0.29, 0.717) is 24.4 Å². The zero-order chi connectivity index (χ0) is 14.5. The number of aryl methyl sites for hydroxylation is 1. The van der Waals surface area contributed by atoms with E-state index in [1.165, 1.54) is 0 Å². The van der Waals surface area contributed by atoms with Crippen molar-refractivity contribution in [1.82, 2.24) is 4.72 Å². The summed E-state index contributed by atoms with van der Waals surface area (Å²) in [6.07, 6.45) is 1.16. The summed E-state index contributed by atoms with van der Waals surface area (Å²) in [5.74, 6) is 0.915. The summed E-state index contributed by atoms with van der Waals surface area (Å²) in [5, 5.41) is 0.629. The maximum atomic E-state index is 11.5. The fourth-order valence-corrected chi connectivity index (χ4v) is 3.35. The molecule has 0 saturated heterocycles. The van der Waals surface area contributed by atoms with Crippen LogP contribution in [0, 0.1) is 6.92 Å². The molecule has 1 aromatic rings. The lowest BCUT2D eigenvalue weighted by atomic mass is 10.1. The third-order valence-corrected chi connectivity index (χ3v) is 4.52. The quantitative estimate of drug-likeness (QED) is 0.842. The van der Waals surface area contributed by atoms with Crippen LogP contribution in [-0.2, 0) is 16.4 Å². The number of benzene rings is 1. The number of sulfonamides is 1. The molecule has 0 heterocycles. The molecule has 108 valence electrons. The van der Waals surface area contributed by atoms with Gasteiger partial charge in [-0.05, 0) is 43.0 Å². The Balaban J connectivity index is 2.73. The maximum Gasteiger partial charge on any atom is 0.211 e. The van der Waals surface area contributed by atoms with Crippen molar-refractivity contribution in [2.24, 2.45) is 0 Å². The van der Waals surface area contributed by atoms with E-state index >= 15 is 0 Å². The first-order valence-electron chi connectivity index (χ1n) is 6.20. The van der Waals surface area contributed by atoms with Crippen molar-refractivity contribution in [1.29, 1.82) is 0 Å². The molecule has 0 radical (unpaired) electrons. The largest absolute Gasteiger partial charge is 0.496 e. The second-order valence-electron chi connectivity index (χ2n) is 4.38. The van der Waals surface area contributed by atoms with Gasteiger partial charge in [-0.1, -0.05) is 18.5 Å². The molecule has 0 bridgehead atoms. The Morgan fingerprint density at radius 3 is 2.63 bits per heavy atom. The molecular weight excluding hydrogens is 286 g/mol. The fourth-order valence-electron chi connectivity index (χ4n) is 1.96. The highest BCUT2D eigenvalue weighted by molar-refractivity contribution is 7.89. The SMILES string of the molecule is CCCS(=O)(=O)NCCc1cc(Cl)cc(C)c1OC. The first-order valence-corrected chi connectivity index (χ1v) is 8.23. The van der Waals surface area contributed by atoms with Gasteiger partial charge in [0.15, 0.2) is 0 Å². The number of ether oxygens (including phenoxy) is 1. The molecule has 19 heavy (non-hydrogen) atoms. The van der Waals surface area contributed by atoms with Gasteiger partial charge in [0.1, 0.15) is 5.75 Å². The minimum Gasteiger partial charge on any atom is -0.496 e. The number of rotatable bonds is 7. The molecule has 0 aromatic heterocycles. The predicted molar refractivity (Wildman–Crippen MR) is 78.5 cm³/mol. The summed E-state index contributed by atoms with van der Waals surface area (Å²) in [4.78, 5) is 0. The number of methoxy groups -OCH3 is 1. The van der Waals surface area contributed by atoms with Crippen LogP contribution in [0.15, 0.2) is 12.1 Å². The van der Waals surface area contributed by atoms with Crippen LogP contribution in [0.1, 0.15) is 24.5 Å². The van der Waals surface area contributed by atoms with E-state index in [1.807, 2.05) is 26.0 Å². The third kappa shape index (κ3) is 5.01. The molecule has 0 atom stereocenters. The van der Waals surface area contributed by atoms with Gasteiger partial charge in [0.2, 0.25) is 10.0 Å². The van der Waals surface area contributed by atoms with Crippen molar-refractivity contribution in [3.05, 3.63) is 28.3 Å². The molecule has 1 aromatic carbocycles. The summed E-state index contributed by atoms with van der Waals surface area (Å²) in [6.45, 7) is 4.09. The minimum absolute atomic E-state index is 0.151. The molecule has 0 aliphatic rings. The average molecular weight is 306 g/mol. The van der Waals surface area contributed by atoms with Gasteiger partial charge in [-0.2, -0.15) is 0 Å². The van der Waals surface area contributed by atoms with Gasteiger partial charge >= 0.3 is 0 Å². The van der Waals surface area contributed by atoms with Crippen LogP contribution in [0.3, 0.4) is 0 Å². The summed E-state index contributed by atoms with van der Waals surface area (Å²) in [6, 6.07) is 3.63. The van der Waals surface area contributed by atoms with Crippen molar-refractivity contribution in [2.75, 3.05) is 19.4 Å². The molecule has 0 fully saturated rings. The van der Waals surface area contributed by atoms with Gasteiger partial charge in [0.25, 0.3) is 0 Å². The molecule has 0 saturated carbocycles. The Morgan fingerprint density at radius 1 is 1.37 bits per heavy atom. The Kier molecular flexibility index (Phi) is 6.10. The summed E-state index contributed by atoms with van der Waals surface area (Å²) < 4.78 is 31.0. The zero-order valence-corrected chi connectivity index (χ0v) is 13.1. The number of halogens is 1. The molecule has 1 N–H and O–H groups in total. The van der Waals surface area contributed by atoms with E-state index < -0.39 is 10.0 Å². The monoisotopic (exact) mass is 305 g/mol. The van der Waals surface area contributed by atoms with Crippen molar-refractivity contribution < 1.29 is 13.2 Å². The third-order valence-electron chi connectivity index (χ3n) is 2.71. The number of hydrogen-bond donors (Lipinski definition) is 1. The van der Waals surface area contributed by atoms with Crippen LogP contribution in [0.5, 0.6) is 5.75 Å². The highest BCUT2D eigenvalue weighted by Gasteiger charge is 2.11. The van der Waals surface area contributed by atoms with Crippen LogP contribution in [-0.4, -0.2) is 27.8 Å². The van der Waals surface area contributed by atoms with E-state index in [-0.39, 0.29) is 5.75 Å². The maximum absolute atomic E-state index is 11.5. The van der Waals surface area contributed by atoms with E-state index in [1.54, 1.807) is 7.11 Å². The fraction of sp³-hybridized carbons (Fsp3) is 0.538. The molecule has 6 heteroatoms. The lowest BCUT2D eigenvalue weighted by Gasteiger charge is -2.12. The first-order chi connectivity index (χ1) is 8.89. The van der Waals surface area contributed by atoms with Gasteiger partial charge in [-0.15, -0.1) is 0 Å². The molecule has 0 unspecified atom stereocenters. The van der Waals surface area contributed by atoms with Crippen LogP contribution in [0.25, 0.3) is 0 Å². The van der Waals surface area contributed by atoms with Gasteiger partial charge < -0.3 is 4.74 Å². The smallest absolute Gasteiger partial charge is 0.211 e. The average Bonchev–Trinajstić information content (AvgIpc) is 2.28. The highest BCUT2D eigenvalue weighted by Crippen LogP contribution is 2.27. The standard InChI is InChI=1S/C13H20ClNO3S/c1-4-7-19(16,17)15-6-5-11-9-12(14)8-10(2)13(11)18-3/h8-9,15H,4-7H2,1-3H3. The Hall–Kier alpha value is -0.780. The predicted octanol–water partition coefficient (Wildman–Crippen LogP) is 2.53. The lowest BCUT2D eigenvalue weighted by Crippen LogP contribution is -2.28. The van der Waals surface area contributed by atoms with E-state index in [2.05, 4.69) is 4.72 Å². The molecule has 1 rings (SSSR count). The second-order valence-corrected chi connectivity index (χ2v) is 6.74. The van der Waals surface area contributed by atoms with Crippen molar-refractivity contribution in [2.45, 2.75) is 26.7 Å². The summed E-state index contributed by atoms with van der Waals surface area (Å²) in [7, 11) is -1.57. The first kappa shape index (κ1) is 16.3. The van der Waals surface area contributed by atoms with E-state index in [9.17, 15) is 8.42 Å². The number of hydrogen-bond acceptors (Lipinski definition) is 3. The van der Waals surface area contributed by atoms with Crippen LogP contribution < -0.4 is 9.46 Å². The van der Waals surface area contributed by atoms with Crippen LogP contribution in [0.2, 0.25) is 5.02 Å².